The number of halogens is 2. The van der Waals surface area contributed by atoms with Crippen LogP contribution in [-0.4, -0.2) is 29.6 Å². The molecule has 0 saturated heterocycles. The van der Waals surface area contributed by atoms with Gasteiger partial charge in [0.2, 0.25) is 0 Å². The summed E-state index contributed by atoms with van der Waals surface area (Å²) in [5.41, 5.74) is 0.956. The molecule has 0 amide bonds. The summed E-state index contributed by atoms with van der Waals surface area (Å²) >= 11 is 12.0. The second kappa shape index (κ2) is 6.84. The Kier molecular flexibility index (Phi) is 5.75. The van der Waals surface area contributed by atoms with Gasteiger partial charge < -0.3 is 10.0 Å². The lowest BCUT2D eigenvalue weighted by molar-refractivity contribution is -0.137. The first-order valence-corrected chi connectivity index (χ1v) is 6.09. The van der Waals surface area contributed by atoms with Crippen molar-refractivity contribution >= 4 is 29.2 Å². The van der Waals surface area contributed by atoms with Gasteiger partial charge in [0.05, 0.1) is 10.0 Å². The number of carboxylic acids is 1. The summed E-state index contributed by atoms with van der Waals surface area (Å²) in [5.74, 6) is -0.765. The van der Waals surface area contributed by atoms with Crippen molar-refractivity contribution in [3.05, 3.63) is 33.8 Å². The van der Waals surface area contributed by atoms with Crippen molar-refractivity contribution < 1.29 is 9.90 Å². The van der Waals surface area contributed by atoms with Crippen molar-refractivity contribution in [2.75, 3.05) is 13.6 Å². The third-order valence-corrected chi connectivity index (χ3v) is 3.26. The molecule has 5 heteroatoms. The molecule has 0 radical (unpaired) electrons. The Hall–Kier alpha value is -0.770. The monoisotopic (exact) mass is 275 g/mol. The molecule has 0 bridgehead atoms. The molecule has 1 aromatic rings. The van der Waals surface area contributed by atoms with Crippen LogP contribution in [0.25, 0.3) is 0 Å². The van der Waals surface area contributed by atoms with Gasteiger partial charge in [-0.15, -0.1) is 0 Å². The maximum atomic E-state index is 10.4. The third kappa shape index (κ3) is 4.94. The molecule has 0 atom stereocenters. The van der Waals surface area contributed by atoms with Crippen LogP contribution in [0.1, 0.15) is 18.4 Å². The van der Waals surface area contributed by atoms with Crippen LogP contribution in [-0.2, 0) is 11.3 Å². The summed E-state index contributed by atoms with van der Waals surface area (Å²) in [6.45, 7) is 1.38. The molecule has 0 aliphatic heterocycles. The Morgan fingerprint density at radius 1 is 1.41 bits per heavy atom. The lowest BCUT2D eigenvalue weighted by Crippen LogP contribution is -2.20. The fourth-order valence-electron chi connectivity index (χ4n) is 1.54. The molecule has 1 rings (SSSR count). The predicted octanol–water partition coefficient (Wildman–Crippen LogP) is 3.29. The van der Waals surface area contributed by atoms with Crippen LogP contribution in [0, 0.1) is 0 Å². The molecule has 0 heterocycles. The van der Waals surface area contributed by atoms with Crippen LogP contribution < -0.4 is 0 Å². The summed E-state index contributed by atoms with van der Waals surface area (Å²) in [4.78, 5) is 12.4. The first-order valence-electron chi connectivity index (χ1n) is 5.34. The lowest BCUT2D eigenvalue weighted by Gasteiger charge is -2.17. The van der Waals surface area contributed by atoms with E-state index in [-0.39, 0.29) is 6.42 Å². The molecule has 0 spiro atoms. The van der Waals surface area contributed by atoms with Gasteiger partial charge in [-0.25, -0.2) is 0 Å². The van der Waals surface area contributed by atoms with Crippen LogP contribution in [0.4, 0.5) is 0 Å². The molecule has 0 aliphatic rings. The highest BCUT2D eigenvalue weighted by Gasteiger charge is 2.07. The number of carbonyl (C=O) groups is 1. The van der Waals surface area contributed by atoms with Gasteiger partial charge in [0, 0.05) is 13.0 Å². The van der Waals surface area contributed by atoms with Crippen molar-refractivity contribution in [3.8, 4) is 0 Å². The van der Waals surface area contributed by atoms with E-state index in [4.69, 9.17) is 28.3 Å². The molecule has 0 aromatic heterocycles. The lowest BCUT2D eigenvalue weighted by atomic mass is 10.2. The van der Waals surface area contributed by atoms with Gasteiger partial charge in [0.1, 0.15) is 0 Å². The minimum absolute atomic E-state index is 0.188. The summed E-state index contributed by atoms with van der Waals surface area (Å²) < 4.78 is 0. The van der Waals surface area contributed by atoms with Gasteiger partial charge in [0.25, 0.3) is 0 Å². The Bertz CT molecular complexity index is 396. The fourth-order valence-corrected chi connectivity index (χ4v) is 1.92. The van der Waals surface area contributed by atoms with Gasteiger partial charge >= 0.3 is 5.97 Å². The maximum Gasteiger partial charge on any atom is 0.303 e. The normalized spacial score (nSPS) is 10.8. The zero-order chi connectivity index (χ0) is 12.8. The second-order valence-corrected chi connectivity index (χ2v) is 4.73. The van der Waals surface area contributed by atoms with Crippen LogP contribution >= 0.6 is 23.2 Å². The molecule has 3 nitrogen and oxygen atoms in total. The molecule has 94 valence electrons. The number of hydrogen-bond donors (Lipinski definition) is 1. The molecular formula is C12H15Cl2NO2. The zero-order valence-corrected chi connectivity index (χ0v) is 11.1. The van der Waals surface area contributed by atoms with E-state index in [1.54, 1.807) is 6.07 Å². The molecule has 0 fully saturated rings. The highest BCUT2D eigenvalue weighted by Crippen LogP contribution is 2.26. The summed E-state index contributed by atoms with van der Waals surface area (Å²) in [6.07, 6.45) is 0.817. The van der Waals surface area contributed by atoms with Crippen LogP contribution in [0.5, 0.6) is 0 Å². The van der Waals surface area contributed by atoms with E-state index in [0.29, 0.717) is 23.0 Å². The van der Waals surface area contributed by atoms with Crippen molar-refractivity contribution in [1.82, 2.24) is 4.90 Å². The molecule has 17 heavy (non-hydrogen) atoms. The van der Waals surface area contributed by atoms with Gasteiger partial charge in [0.15, 0.2) is 0 Å². The Labute approximate surface area is 111 Å². The number of carboxylic acid groups (broad SMARTS) is 1. The fraction of sp³-hybridized carbons (Fsp3) is 0.417. The highest BCUT2D eigenvalue weighted by molar-refractivity contribution is 6.42. The maximum absolute atomic E-state index is 10.4. The first-order chi connectivity index (χ1) is 8.00. The SMILES string of the molecule is CN(CCCC(=O)O)Cc1cccc(Cl)c1Cl. The number of benzene rings is 1. The van der Waals surface area contributed by atoms with Gasteiger partial charge in [-0.05, 0) is 31.6 Å². The highest BCUT2D eigenvalue weighted by atomic mass is 35.5. The largest absolute Gasteiger partial charge is 0.481 e. The summed E-state index contributed by atoms with van der Waals surface area (Å²) in [5, 5.41) is 9.65. The second-order valence-electron chi connectivity index (χ2n) is 3.95. The average molecular weight is 276 g/mol. The Morgan fingerprint density at radius 2 is 2.12 bits per heavy atom. The van der Waals surface area contributed by atoms with Crippen LogP contribution in [0.15, 0.2) is 18.2 Å². The van der Waals surface area contributed by atoms with Crippen LogP contribution in [0.2, 0.25) is 10.0 Å². The minimum atomic E-state index is -0.765. The van der Waals surface area contributed by atoms with Crippen molar-refractivity contribution in [1.29, 1.82) is 0 Å². The summed E-state index contributed by atoms with van der Waals surface area (Å²) in [7, 11) is 1.93. The van der Waals surface area contributed by atoms with E-state index in [9.17, 15) is 4.79 Å². The Balaban J connectivity index is 2.47. The van der Waals surface area contributed by atoms with E-state index in [2.05, 4.69) is 0 Å². The van der Waals surface area contributed by atoms with Crippen molar-refractivity contribution in [2.24, 2.45) is 0 Å². The van der Waals surface area contributed by atoms with Gasteiger partial charge in [-0.1, -0.05) is 35.3 Å². The van der Waals surface area contributed by atoms with E-state index < -0.39 is 5.97 Å². The minimum Gasteiger partial charge on any atom is -0.481 e. The molecule has 1 aromatic carbocycles. The number of rotatable bonds is 6. The number of aliphatic carboxylic acids is 1. The van der Waals surface area contributed by atoms with Gasteiger partial charge in [-0.2, -0.15) is 0 Å². The average Bonchev–Trinajstić information content (AvgIpc) is 2.24. The zero-order valence-electron chi connectivity index (χ0n) is 9.62. The van der Waals surface area contributed by atoms with E-state index in [1.165, 1.54) is 0 Å². The van der Waals surface area contributed by atoms with Gasteiger partial charge in [-0.3, -0.25) is 4.79 Å². The van der Waals surface area contributed by atoms with E-state index in [0.717, 1.165) is 12.1 Å². The van der Waals surface area contributed by atoms with E-state index >= 15 is 0 Å². The molecule has 0 unspecified atom stereocenters. The van der Waals surface area contributed by atoms with Crippen molar-refractivity contribution in [2.45, 2.75) is 19.4 Å². The first kappa shape index (κ1) is 14.3. The molecular weight excluding hydrogens is 261 g/mol. The standard InChI is InChI=1S/C12H15Cl2NO2/c1-15(7-3-6-11(16)17)8-9-4-2-5-10(13)12(9)14/h2,4-5H,3,6-8H2,1H3,(H,16,17). The molecule has 1 N–H and O–H groups in total. The van der Waals surface area contributed by atoms with E-state index in [1.807, 2.05) is 24.1 Å². The smallest absolute Gasteiger partial charge is 0.303 e. The Morgan fingerprint density at radius 3 is 2.76 bits per heavy atom. The number of hydrogen-bond acceptors (Lipinski definition) is 2. The van der Waals surface area contributed by atoms with Crippen LogP contribution in [0.3, 0.4) is 0 Å². The molecule has 0 saturated carbocycles. The number of nitrogens with zero attached hydrogens (tertiary/aromatic N) is 1. The summed E-state index contributed by atoms with van der Waals surface area (Å²) in [6, 6.07) is 5.52. The quantitative estimate of drug-likeness (QED) is 0.866. The topological polar surface area (TPSA) is 40.5 Å². The molecule has 0 aliphatic carbocycles. The van der Waals surface area contributed by atoms with Crippen molar-refractivity contribution in [3.63, 3.8) is 0 Å². The third-order valence-electron chi connectivity index (χ3n) is 2.40. The predicted molar refractivity (Wildman–Crippen MR) is 69.7 cm³/mol.